The minimum absolute atomic E-state index is 0.386. The number of nitrogens with one attached hydrogen (secondary N) is 1. The zero-order valence-corrected chi connectivity index (χ0v) is 11.0. The molecule has 1 unspecified atom stereocenters. The Bertz CT molecular complexity index is 424. The highest BCUT2D eigenvalue weighted by Crippen LogP contribution is 2.20. The summed E-state index contributed by atoms with van der Waals surface area (Å²) in [5, 5.41) is 16.9. The van der Waals surface area contributed by atoms with Crippen LogP contribution in [0.3, 0.4) is 0 Å². The second kappa shape index (κ2) is 5.52. The highest BCUT2D eigenvalue weighted by atomic mass is 16.4. The molecule has 100 valence electrons. The predicted molar refractivity (Wildman–Crippen MR) is 68.6 cm³/mol. The third-order valence-corrected chi connectivity index (χ3v) is 3.31. The van der Waals surface area contributed by atoms with Crippen LogP contribution in [0.15, 0.2) is 6.07 Å². The fourth-order valence-corrected chi connectivity index (χ4v) is 2.04. The first-order chi connectivity index (χ1) is 8.63. The molecule has 1 aliphatic carbocycles. The fraction of sp³-hybridized carbons (Fsp3) is 0.692. The maximum atomic E-state index is 11.2. The summed E-state index contributed by atoms with van der Waals surface area (Å²) in [7, 11) is 0. The average molecular weight is 251 g/mol. The Balaban J connectivity index is 2.08. The summed E-state index contributed by atoms with van der Waals surface area (Å²) in [4.78, 5) is 11.2. The molecule has 1 aliphatic rings. The van der Waals surface area contributed by atoms with Crippen molar-refractivity contribution in [2.45, 2.75) is 58.2 Å². The van der Waals surface area contributed by atoms with Crippen LogP contribution in [0.4, 0.5) is 0 Å². The number of hydrogen-bond donors (Lipinski definition) is 2. The lowest BCUT2D eigenvalue weighted by Crippen LogP contribution is -2.42. The van der Waals surface area contributed by atoms with Crippen LogP contribution in [0.1, 0.15) is 38.1 Å². The summed E-state index contributed by atoms with van der Waals surface area (Å²) in [5.74, 6) is -0.794. The second-order valence-corrected chi connectivity index (χ2v) is 4.85. The Kier molecular flexibility index (Phi) is 4.01. The number of rotatable bonds is 7. The van der Waals surface area contributed by atoms with Crippen molar-refractivity contribution in [1.82, 2.24) is 15.1 Å². The fourth-order valence-electron chi connectivity index (χ4n) is 2.04. The van der Waals surface area contributed by atoms with Gasteiger partial charge in [-0.2, -0.15) is 5.10 Å². The lowest BCUT2D eigenvalue weighted by Gasteiger charge is -2.15. The number of carbonyl (C=O) groups is 1. The van der Waals surface area contributed by atoms with Gasteiger partial charge in [-0.15, -0.1) is 0 Å². The van der Waals surface area contributed by atoms with E-state index < -0.39 is 12.0 Å². The molecule has 0 amide bonds. The number of aryl methyl sites for hydroxylation is 2. The molecule has 1 saturated carbocycles. The normalized spacial score (nSPS) is 16.8. The summed E-state index contributed by atoms with van der Waals surface area (Å²) < 4.78 is 1.84. The van der Waals surface area contributed by atoms with Crippen molar-refractivity contribution in [3.05, 3.63) is 17.5 Å². The van der Waals surface area contributed by atoms with Crippen molar-refractivity contribution in [2.24, 2.45) is 0 Å². The van der Waals surface area contributed by atoms with Crippen LogP contribution in [0.25, 0.3) is 0 Å². The minimum Gasteiger partial charge on any atom is -0.480 e. The van der Waals surface area contributed by atoms with Crippen molar-refractivity contribution in [3.63, 3.8) is 0 Å². The summed E-state index contributed by atoms with van der Waals surface area (Å²) in [6, 6.07) is 1.92. The van der Waals surface area contributed by atoms with E-state index in [1.807, 2.05) is 4.68 Å². The van der Waals surface area contributed by atoms with Crippen molar-refractivity contribution < 1.29 is 9.90 Å². The van der Waals surface area contributed by atoms with Crippen LogP contribution in [0.2, 0.25) is 0 Å². The number of carboxylic acids is 1. The highest BCUT2D eigenvalue weighted by Gasteiger charge is 2.29. The highest BCUT2D eigenvalue weighted by molar-refractivity contribution is 5.73. The maximum Gasteiger partial charge on any atom is 0.322 e. The van der Waals surface area contributed by atoms with E-state index >= 15 is 0 Å². The summed E-state index contributed by atoms with van der Waals surface area (Å²) in [6.45, 7) is 4.54. The molecule has 0 spiro atoms. The van der Waals surface area contributed by atoms with Gasteiger partial charge in [-0.1, -0.05) is 13.8 Å². The molecule has 0 saturated heterocycles. The molecule has 5 nitrogen and oxygen atoms in total. The van der Waals surface area contributed by atoms with Crippen LogP contribution < -0.4 is 5.32 Å². The molecule has 0 aromatic carbocycles. The van der Waals surface area contributed by atoms with Crippen molar-refractivity contribution in [2.75, 3.05) is 0 Å². The van der Waals surface area contributed by atoms with Crippen LogP contribution in [-0.2, 0) is 24.2 Å². The van der Waals surface area contributed by atoms with E-state index in [2.05, 4.69) is 30.3 Å². The molecule has 18 heavy (non-hydrogen) atoms. The summed E-state index contributed by atoms with van der Waals surface area (Å²) in [5.41, 5.74) is 2.14. The number of carboxylic acid groups (broad SMARTS) is 1. The molecule has 5 heteroatoms. The maximum absolute atomic E-state index is 11.2. The van der Waals surface area contributed by atoms with Gasteiger partial charge in [-0.05, 0) is 31.7 Å². The second-order valence-electron chi connectivity index (χ2n) is 4.85. The Hall–Kier alpha value is -1.36. The van der Waals surface area contributed by atoms with E-state index in [0.29, 0.717) is 12.6 Å². The molecule has 0 bridgehead atoms. The van der Waals surface area contributed by atoms with Gasteiger partial charge in [-0.25, -0.2) is 0 Å². The van der Waals surface area contributed by atoms with E-state index in [1.54, 1.807) is 0 Å². The van der Waals surface area contributed by atoms with E-state index in [9.17, 15) is 9.90 Å². The topological polar surface area (TPSA) is 67.2 Å². The summed E-state index contributed by atoms with van der Waals surface area (Å²) >= 11 is 0. The first kappa shape index (κ1) is 13.1. The number of nitrogens with zero attached hydrogens (tertiary/aromatic N) is 2. The molecule has 1 heterocycles. The van der Waals surface area contributed by atoms with Gasteiger partial charge in [0.2, 0.25) is 0 Å². The van der Waals surface area contributed by atoms with Crippen LogP contribution in [0, 0.1) is 0 Å². The Labute approximate surface area is 107 Å². The van der Waals surface area contributed by atoms with Gasteiger partial charge >= 0.3 is 5.97 Å². The zero-order valence-electron chi connectivity index (χ0n) is 11.0. The van der Waals surface area contributed by atoms with Crippen molar-refractivity contribution in [1.29, 1.82) is 0 Å². The Morgan fingerprint density at radius 3 is 2.78 bits per heavy atom. The van der Waals surface area contributed by atoms with E-state index in [4.69, 9.17) is 0 Å². The smallest absolute Gasteiger partial charge is 0.322 e. The zero-order chi connectivity index (χ0) is 13.1. The van der Waals surface area contributed by atoms with E-state index in [1.165, 1.54) is 0 Å². The summed E-state index contributed by atoms with van der Waals surface area (Å²) in [6.07, 6.45) is 3.93. The third-order valence-electron chi connectivity index (χ3n) is 3.31. The van der Waals surface area contributed by atoms with Crippen molar-refractivity contribution in [3.8, 4) is 0 Å². The third kappa shape index (κ3) is 3.10. The van der Waals surface area contributed by atoms with Crippen LogP contribution >= 0.6 is 0 Å². The quantitative estimate of drug-likeness (QED) is 0.764. The van der Waals surface area contributed by atoms with Gasteiger partial charge < -0.3 is 10.4 Å². The largest absolute Gasteiger partial charge is 0.480 e. The molecule has 1 aromatic heterocycles. The average Bonchev–Trinajstić information content (AvgIpc) is 3.07. The van der Waals surface area contributed by atoms with E-state index in [-0.39, 0.29) is 0 Å². The van der Waals surface area contributed by atoms with Gasteiger partial charge in [0.05, 0.1) is 12.2 Å². The van der Waals surface area contributed by atoms with Gasteiger partial charge in [0, 0.05) is 11.7 Å². The molecule has 1 aromatic rings. The minimum atomic E-state index is -0.794. The molecular formula is C13H21N3O2. The molecule has 1 fully saturated rings. The van der Waals surface area contributed by atoms with Crippen molar-refractivity contribution >= 4 is 5.97 Å². The molecule has 2 N–H and O–H groups in total. The Morgan fingerprint density at radius 2 is 2.28 bits per heavy atom. The monoisotopic (exact) mass is 251 g/mol. The number of hydrogen-bond acceptors (Lipinski definition) is 3. The Morgan fingerprint density at radius 1 is 1.56 bits per heavy atom. The SMILES string of the molecule is CCc1cc(CC)n(CC(NC2CC2)C(=O)O)n1. The van der Waals surface area contributed by atoms with Gasteiger partial charge in [0.15, 0.2) is 0 Å². The first-order valence-corrected chi connectivity index (χ1v) is 6.68. The predicted octanol–water partition coefficient (Wildman–Crippen LogP) is 1.21. The van der Waals surface area contributed by atoms with E-state index in [0.717, 1.165) is 37.1 Å². The molecular weight excluding hydrogens is 230 g/mol. The molecule has 0 radical (unpaired) electrons. The van der Waals surface area contributed by atoms with Gasteiger partial charge in [0.25, 0.3) is 0 Å². The standard InChI is InChI=1S/C13H21N3O2/c1-3-9-7-11(4-2)16(15-9)8-12(13(17)18)14-10-5-6-10/h7,10,12,14H,3-6,8H2,1-2H3,(H,17,18). The lowest BCUT2D eigenvalue weighted by atomic mass is 10.2. The van der Waals surface area contributed by atoms with Gasteiger partial charge in [0.1, 0.15) is 6.04 Å². The lowest BCUT2D eigenvalue weighted by molar-refractivity contribution is -0.140. The molecule has 2 rings (SSSR count). The van der Waals surface area contributed by atoms with Gasteiger partial charge in [-0.3, -0.25) is 9.48 Å². The molecule has 1 atom stereocenters. The number of aliphatic carboxylic acids is 1. The van der Waals surface area contributed by atoms with Crippen LogP contribution in [0.5, 0.6) is 0 Å². The number of aromatic nitrogens is 2. The van der Waals surface area contributed by atoms with Crippen LogP contribution in [-0.4, -0.2) is 32.9 Å². The molecule has 0 aliphatic heterocycles. The first-order valence-electron chi connectivity index (χ1n) is 6.68.